The van der Waals surface area contributed by atoms with Crippen molar-refractivity contribution in [3.05, 3.63) is 28.7 Å². The number of sulfonamides is 1. The quantitative estimate of drug-likeness (QED) is 0.897. The second-order valence-electron chi connectivity index (χ2n) is 5.25. The molecule has 0 amide bonds. The van der Waals surface area contributed by atoms with Gasteiger partial charge in [-0.15, -0.1) is 0 Å². The summed E-state index contributed by atoms with van der Waals surface area (Å²) in [4.78, 5) is 0.346. The van der Waals surface area contributed by atoms with Crippen molar-refractivity contribution in [2.24, 2.45) is 0 Å². The van der Waals surface area contributed by atoms with Crippen LogP contribution in [0.3, 0.4) is 0 Å². The zero-order valence-corrected chi connectivity index (χ0v) is 14.2. The lowest BCUT2D eigenvalue weighted by atomic mass is 9.91. The van der Waals surface area contributed by atoms with Crippen LogP contribution in [0.15, 0.2) is 33.6 Å². The van der Waals surface area contributed by atoms with Gasteiger partial charge in [0, 0.05) is 23.6 Å². The minimum absolute atomic E-state index is 0.0942. The molecule has 1 aliphatic carbocycles. The SMILES string of the molecule is CNC1CCC(N(C)S(=O)(=O)c2ccccc2Br)CC1. The summed E-state index contributed by atoms with van der Waals surface area (Å²) in [6.07, 6.45) is 3.87. The van der Waals surface area contributed by atoms with Gasteiger partial charge < -0.3 is 5.32 Å². The van der Waals surface area contributed by atoms with E-state index in [0.29, 0.717) is 15.4 Å². The molecule has 0 saturated heterocycles. The maximum absolute atomic E-state index is 12.7. The molecule has 1 N–H and O–H groups in total. The molecule has 0 aromatic heterocycles. The number of nitrogens with one attached hydrogen (secondary N) is 1. The Balaban J connectivity index is 2.16. The lowest BCUT2D eigenvalue weighted by Crippen LogP contribution is -2.42. The molecular weight excluding hydrogens is 340 g/mol. The molecule has 1 aromatic rings. The minimum atomic E-state index is -3.43. The molecule has 0 atom stereocenters. The first-order valence-corrected chi connectivity index (χ1v) is 9.10. The van der Waals surface area contributed by atoms with Crippen LogP contribution >= 0.6 is 15.9 Å². The van der Waals surface area contributed by atoms with E-state index in [1.54, 1.807) is 29.6 Å². The van der Waals surface area contributed by atoms with Gasteiger partial charge >= 0.3 is 0 Å². The van der Waals surface area contributed by atoms with Gasteiger partial charge in [-0.1, -0.05) is 12.1 Å². The predicted molar refractivity (Wildman–Crippen MR) is 84.2 cm³/mol. The summed E-state index contributed by atoms with van der Waals surface area (Å²) < 4.78 is 27.5. The van der Waals surface area contributed by atoms with E-state index in [-0.39, 0.29) is 6.04 Å². The normalized spacial score (nSPS) is 24.0. The maximum atomic E-state index is 12.7. The van der Waals surface area contributed by atoms with Crippen molar-refractivity contribution >= 4 is 26.0 Å². The molecule has 0 bridgehead atoms. The fourth-order valence-electron chi connectivity index (χ4n) is 2.73. The van der Waals surface area contributed by atoms with Crippen molar-refractivity contribution in [3.8, 4) is 0 Å². The molecule has 20 heavy (non-hydrogen) atoms. The van der Waals surface area contributed by atoms with Crippen LogP contribution in [0.25, 0.3) is 0 Å². The minimum Gasteiger partial charge on any atom is -0.317 e. The van der Waals surface area contributed by atoms with E-state index in [1.165, 1.54) is 0 Å². The summed E-state index contributed by atoms with van der Waals surface area (Å²) in [5.74, 6) is 0. The summed E-state index contributed by atoms with van der Waals surface area (Å²) in [5.41, 5.74) is 0. The summed E-state index contributed by atoms with van der Waals surface area (Å²) >= 11 is 3.33. The average molecular weight is 361 g/mol. The number of benzene rings is 1. The van der Waals surface area contributed by atoms with Crippen molar-refractivity contribution in [2.75, 3.05) is 14.1 Å². The van der Waals surface area contributed by atoms with Gasteiger partial charge in [-0.25, -0.2) is 8.42 Å². The highest BCUT2D eigenvalue weighted by Gasteiger charge is 2.31. The topological polar surface area (TPSA) is 49.4 Å². The van der Waals surface area contributed by atoms with Crippen LogP contribution in [0, 0.1) is 0 Å². The molecule has 1 aliphatic rings. The zero-order chi connectivity index (χ0) is 14.8. The molecule has 0 unspecified atom stereocenters. The second kappa shape index (κ2) is 6.56. The van der Waals surface area contributed by atoms with E-state index < -0.39 is 10.0 Å². The highest BCUT2D eigenvalue weighted by atomic mass is 79.9. The van der Waals surface area contributed by atoms with Crippen molar-refractivity contribution in [3.63, 3.8) is 0 Å². The van der Waals surface area contributed by atoms with E-state index in [4.69, 9.17) is 0 Å². The molecule has 4 nitrogen and oxygen atoms in total. The monoisotopic (exact) mass is 360 g/mol. The zero-order valence-electron chi connectivity index (χ0n) is 11.8. The molecule has 0 radical (unpaired) electrons. The Kier molecular flexibility index (Phi) is 5.23. The first-order valence-electron chi connectivity index (χ1n) is 6.86. The molecule has 0 heterocycles. The number of halogens is 1. The van der Waals surface area contributed by atoms with Crippen molar-refractivity contribution in [1.29, 1.82) is 0 Å². The Bertz CT molecular complexity index is 554. The lowest BCUT2D eigenvalue weighted by Gasteiger charge is -2.34. The molecule has 1 fully saturated rings. The number of rotatable bonds is 4. The van der Waals surface area contributed by atoms with Crippen LogP contribution in [-0.2, 0) is 10.0 Å². The maximum Gasteiger partial charge on any atom is 0.244 e. The van der Waals surface area contributed by atoms with Crippen molar-refractivity contribution < 1.29 is 8.42 Å². The molecule has 2 rings (SSSR count). The van der Waals surface area contributed by atoms with Crippen molar-refractivity contribution in [2.45, 2.75) is 42.7 Å². The number of nitrogens with zero attached hydrogens (tertiary/aromatic N) is 1. The fourth-order valence-corrected chi connectivity index (χ4v) is 5.11. The highest BCUT2D eigenvalue weighted by Crippen LogP contribution is 2.29. The van der Waals surface area contributed by atoms with E-state index in [9.17, 15) is 8.42 Å². The van der Waals surface area contributed by atoms with E-state index in [2.05, 4.69) is 21.2 Å². The molecular formula is C14H21BrN2O2S. The highest BCUT2D eigenvalue weighted by molar-refractivity contribution is 9.10. The summed E-state index contributed by atoms with van der Waals surface area (Å²) in [6.45, 7) is 0. The van der Waals surface area contributed by atoms with Gasteiger partial charge in [0.1, 0.15) is 0 Å². The molecule has 0 spiro atoms. The third kappa shape index (κ3) is 3.24. The van der Waals surface area contributed by atoms with Crippen LogP contribution in [0.4, 0.5) is 0 Å². The Hall–Kier alpha value is -0.430. The molecule has 1 aromatic carbocycles. The predicted octanol–water partition coefficient (Wildman–Crippen LogP) is 2.60. The molecule has 0 aliphatic heterocycles. The van der Waals surface area contributed by atoms with E-state index >= 15 is 0 Å². The van der Waals surface area contributed by atoms with Crippen molar-refractivity contribution in [1.82, 2.24) is 9.62 Å². The number of hydrogen-bond donors (Lipinski definition) is 1. The third-order valence-corrected chi connectivity index (χ3v) is 7.04. The van der Waals surface area contributed by atoms with Gasteiger partial charge in [0.05, 0.1) is 4.90 Å². The molecule has 112 valence electrons. The van der Waals surface area contributed by atoms with Crippen LogP contribution in [0.1, 0.15) is 25.7 Å². The second-order valence-corrected chi connectivity index (χ2v) is 8.07. The Morgan fingerprint density at radius 1 is 1.20 bits per heavy atom. The number of hydrogen-bond acceptors (Lipinski definition) is 3. The third-order valence-electron chi connectivity index (χ3n) is 4.11. The van der Waals surface area contributed by atoms with Gasteiger partial charge in [-0.05, 0) is 60.8 Å². The Labute approximate surface area is 129 Å². The Morgan fingerprint density at radius 3 is 2.35 bits per heavy atom. The average Bonchev–Trinajstić information content (AvgIpc) is 2.47. The van der Waals surface area contributed by atoms with E-state index in [1.807, 2.05) is 13.1 Å². The first kappa shape index (κ1) is 15.9. The largest absolute Gasteiger partial charge is 0.317 e. The van der Waals surface area contributed by atoms with Crippen LogP contribution in [0.5, 0.6) is 0 Å². The van der Waals surface area contributed by atoms with E-state index in [0.717, 1.165) is 25.7 Å². The van der Waals surface area contributed by atoms with Crippen LogP contribution in [0.2, 0.25) is 0 Å². The molecule has 1 saturated carbocycles. The summed E-state index contributed by atoms with van der Waals surface area (Å²) in [7, 11) is 0.231. The Morgan fingerprint density at radius 2 is 1.80 bits per heavy atom. The lowest BCUT2D eigenvalue weighted by molar-refractivity contribution is 0.255. The van der Waals surface area contributed by atoms with Gasteiger partial charge in [-0.3, -0.25) is 0 Å². The van der Waals surface area contributed by atoms with Crippen LogP contribution < -0.4 is 5.32 Å². The van der Waals surface area contributed by atoms with Gasteiger partial charge in [-0.2, -0.15) is 4.31 Å². The smallest absolute Gasteiger partial charge is 0.244 e. The van der Waals surface area contributed by atoms with Gasteiger partial charge in [0.25, 0.3) is 0 Å². The fraction of sp³-hybridized carbons (Fsp3) is 0.571. The molecule has 6 heteroatoms. The summed E-state index contributed by atoms with van der Waals surface area (Å²) in [5, 5.41) is 3.27. The summed E-state index contributed by atoms with van der Waals surface area (Å²) in [6, 6.07) is 7.60. The van der Waals surface area contributed by atoms with Gasteiger partial charge in [0.15, 0.2) is 0 Å². The van der Waals surface area contributed by atoms with Gasteiger partial charge in [0.2, 0.25) is 10.0 Å². The van der Waals surface area contributed by atoms with Crippen LogP contribution in [-0.4, -0.2) is 38.9 Å². The first-order chi connectivity index (χ1) is 9.46. The standard InChI is InChI=1S/C14H21BrN2O2S/c1-16-11-7-9-12(10-8-11)17(2)20(18,19)14-6-4-3-5-13(14)15/h3-6,11-12,16H,7-10H2,1-2H3.